The molecule has 0 saturated carbocycles. The van der Waals surface area contributed by atoms with Gasteiger partial charge in [-0.05, 0) is 38.9 Å². The summed E-state index contributed by atoms with van der Waals surface area (Å²) < 4.78 is 0. The van der Waals surface area contributed by atoms with E-state index in [0.29, 0.717) is 18.2 Å². The Morgan fingerprint density at radius 1 is 1.30 bits per heavy atom. The summed E-state index contributed by atoms with van der Waals surface area (Å²) in [5.41, 5.74) is 1.41. The Balaban J connectivity index is 0.000000284. The van der Waals surface area contributed by atoms with Gasteiger partial charge in [0.25, 0.3) is 0 Å². The summed E-state index contributed by atoms with van der Waals surface area (Å²) in [6.45, 7) is 4.02. The fraction of sp³-hybridized carbons (Fsp3) is 0.412. The van der Waals surface area contributed by atoms with Crippen LogP contribution < -0.4 is 0 Å². The Labute approximate surface area is 136 Å². The smallest absolute Gasteiger partial charge is 0.328 e. The zero-order valence-corrected chi connectivity index (χ0v) is 13.4. The van der Waals surface area contributed by atoms with Crippen LogP contribution >= 0.6 is 0 Å². The quantitative estimate of drug-likeness (QED) is 0.607. The van der Waals surface area contributed by atoms with Crippen molar-refractivity contribution < 1.29 is 19.8 Å². The highest BCUT2D eigenvalue weighted by Crippen LogP contribution is 2.24. The third-order valence-corrected chi connectivity index (χ3v) is 3.45. The molecule has 0 aromatic carbocycles. The van der Waals surface area contributed by atoms with Gasteiger partial charge in [-0.15, -0.1) is 0 Å². The molecule has 0 aliphatic carbocycles. The zero-order chi connectivity index (χ0) is 17.2. The van der Waals surface area contributed by atoms with Gasteiger partial charge in [0.2, 0.25) is 0 Å². The van der Waals surface area contributed by atoms with Crippen LogP contribution in [0.25, 0.3) is 0 Å². The van der Waals surface area contributed by atoms with Crippen molar-refractivity contribution in [2.45, 2.75) is 25.8 Å². The Hall–Kier alpha value is -2.52. The van der Waals surface area contributed by atoms with Crippen molar-refractivity contribution in [2.75, 3.05) is 20.1 Å². The van der Waals surface area contributed by atoms with E-state index in [9.17, 15) is 9.59 Å². The van der Waals surface area contributed by atoms with Crippen LogP contribution in [0.3, 0.4) is 0 Å². The molecular weight excluding hydrogens is 296 g/mol. The van der Waals surface area contributed by atoms with E-state index in [1.165, 1.54) is 25.0 Å². The van der Waals surface area contributed by atoms with Gasteiger partial charge >= 0.3 is 11.9 Å². The largest absolute Gasteiger partial charge is 0.478 e. The highest BCUT2D eigenvalue weighted by atomic mass is 16.4. The van der Waals surface area contributed by atoms with Crippen LogP contribution in [0, 0.1) is 12.0 Å². The van der Waals surface area contributed by atoms with Gasteiger partial charge in [-0.1, -0.05) is 18.1 Å². The Morgan fingerprint density at radius 3 is 2.43 bits per heavy atom. The second kappa shape index (κ2) is 9.49. The average molecular weight is 318 g/mol. The Bertz CT molecular complexity index is 565. The van der Waals surface area contributed by atoms with Crippen LogP contribution in [0.2, 0.25) is 0 Å². The second-order valence-electron chi connectivity index (χ2n) is 5.19. The number of aliphatic carboxylic acids is 2. The minimum absolute atomic E-state index is 0.558. The molecule has 2 N–H and O–H groups in total. The van der Waals surface area contributed by atoms with Crippen LogP contribution in [-0.4, -0.2) is 58.1 Å². The first kappa shape index (κ1) is 18.5. The van der Waals surface area contributed by atoms with E-state index in [0.717, 1.165) is 6.54 Å². The average Bonchev–Trinajstić information content (AvgIpc) is 2.93. The lowest BCUT2D eigenvalue weighted by Gasteiger charge is -2.25. The van der Waals surface area contributed by atoms with E-state index < -0.39 is 11.9 Å². The molecule has 2 aliphatic heterocycles. The summed E-state index contributed by atoms with van der Waals surface area (Å²) in [5.74, 6) is 0.430. The molecule has 124 valence electrons. The highest BCUT2D eigenvalue weighted by Gasteiger charge is 2.24. The zero-order valence-electron chi connectivity index (χ0n) is 13.4. The second-order valence-corrected chi connectivity index (χ2v) is 5.19. The molecule has 2 rings (SSSR count). The van der Waals surface area contributed by atoms with Crippen LogP contribution in [-0.2, 0) is 9.59 Å². The first-order chi connectivity index (χ1) is 10.9. The standard InChI is InChI=1S/C13H18N2.C4H4O4/c1-3-8-15-10-4-6-12(11-15)13-7-5-9-14(13)2;5-3(6)1-2-4(7)8/h4,6,11,13H,5,7,9-10H2,1-2H3;1-2H,(H,5,6)(H,7,8)/b;2-1+. The number of nitrogens with zero attached hydrogens (tertiary/aromatic N) is 2. The van der Waals surface area contributed by atoms with Gasteiger partial charge in [0.05, 0.1) is 0 Å². The molecule has 1 unspecified atom stereocenters. The summed E-state index contributed by atoms with van der Waals surface area (Å²) in [6, 6.07) is 3.69. The summed E-state index contributed by atoms with van der Waals surface area (Å²) in [4.78, 5) is 23.6. The molecule has 23 heavy (non-hydrogen) atoms. The van der Waals surface area contributed by atoms with Gasteiger partial charge in [-0.2, -0.15) is 0 Å². The number of carboxylic acid groups (broad SMARTS) is 2. The molecule has 0 aromatic heterocycles. The van der Waals surface area contributed by atoms with Gasteiger partial charge in [0.1, 0.15) is 0 Å². The molecule has 6 heteroatoms. The van der Waals surface area contributed by atoms with E-state index in [4.69, 9.17) is 10.2 Å². The van der Waals surface area contributed by atoms with Gasteiger partial charge in [0.15, 0.2) is 0 Å². The summed E-state index contributed by atoms with van der Waals surface area (Å²) >= 11 is 0. The molecule has 0 aromatic rings. The molecule has 6 nitrogen and oxygen atoms in total. The third kappa shape index (κ3) is 6.85. The predicted octanol–water partition coefficient (Wildman–Crippen LogP) is 1.53. The third-order valence-electron chi connectivity index (χ3n) is 3.45. The van der Waals surface area contributed by atoms with E-state index >= 15 is 0 Å². The number of carboxylic acids is 2. The van der Waals surface area contributed by atoms with Crippen LogP contribution in [0.1, 0.15) is 19.8 Å². The van der Waals surface area contributed by atoms with Crippen molar-refractivity contribution in [3.63, 3.8) is 0 Å². The maximum Gasteiger partial charge on any atom is 0.328 e. The first-order valence-corrected chi connectivity index (χ1v) is 7.35. The van der Waals surface area contributed by atoms with E-state index in [2.05, 4.69) is 47.2 Å². The molecule has 0 radical (unpaired) electrons. The number of likely N-dealkylation sites (N-methyl/N-ethyl adjacent to an activating group) is 1. The van der Waals surface area contributed by atoms with Crippen molar-refractivity contribution in [1.29, 1.82) is 0 Å². The number of likely N-dealkylation sites (tertiary alicyclic amines) is 1. The fourth-order valence-corrected chi connectivity index (χ4v) is 2.47. The molecule has 2 heterocycles. The highest BCUT2D eigenvalue weighted by molar-refractivity contribution is 5.89. The molecule has 0 spiro atoms. The summed E-state index contributed by atoms with van der Waals surface area (Å²) in [7, 11) is 2.21. The first-order valence-electron chi connectivity index (χ1n) is 7.35. The van der Waals surface area contributed by atoms with Gasteiger partial charge in [-0.25, -0.2) is 9.59 Å². The molecule has 1 saturated heterocycles. The van der Waals surface area contributed by atoms with Crippen molar-refractivity contribution in [2.24, 2.45) is 0 Å². The van der Waals surface area contributed by atoms with Gasteiger partial charge < -0.3 is 15.1 Å². The molecule has 1 atom stereocenters. The Kier molecular flexibility index (Phi) is 7.64. The van der Waals surface area contributed by atoms with Crippen LogP contribution in [0.4, 0.5) is 0 Å². The maximum absolute atomic E-state index is 9.55. The van der Waals surface area contributed by atoms with Crippen molar-refractivity contribution in [3.8, 4) is 12.0 Å². The molecule has 1 fully saturated rings. The van der Waals surface area contributed by atoms with E-state index in [1.807, 2.05) is 6.92 Å². The lowest BCUT2D eigenvalue weighted by molar-refractivity contribution is -0.134. The monoisotopic (exact) mass is 318 g/mol. The van der Waals surface area contributed by atoms with E-state index in [1.54, 1.807) is 0 Å². The Morgan fingerprint density at radius 2 is 1.96 bits per heavy atom. The molecule has 0 amide bonds. The molecular formula is C17H22N2O4. The number of hydrogen-bond acceptors (Lipinski definition) is 4. The van der Waals surface area contributed by atoms with Crippen LogP contribution in [0.5, 0.6) is 0 Å². The van der Waals surface area contributed by atoms with Crippen LogP contribution in [0.15, 0.2) is 36.1 Å². The molecule has 2 aliphatic rings. The predicted molar refractivity (Wildman–Crippen MR) is 87.4 cm³/mol. The number of carbonyl (C=O) groups is 2. The van der Waals surface area contributed by atoms with Crippen molar-refractivity contribution in [1.82, 2.24) is 9.80 Å². The normalized spacial score (nSPS) is 20.3. The minimum atomic E-state index is -1.26. The topological polar surface area (TPSA) is 81.1 Å². The van der Waals surface area contributed by atoms with Gasteiger partial charge in [0, 0.05) is 37.0 Å². The molecule has 0 bridgehead atoms. The van der Waals surface area contributed by atoms with Gasteiger partial charge in [-0.3, -0.25) is 4.90 Å². The van der Waals surface area contributed by atoms with E-state index in [-0.39, 0.29) is 0 Å². The summed E-state index contributed by atoms with van der Waals surface area (Å²) in [5, 5.41) is 15.6. The lowest BCUT2D eigenvalue weighted by atomic mass is 10.0. The van der Waals surface area contributed by atoms with Crippen molar-refractivity contribution >= 4 is 11.9 Å². The maximum atomic E-state index is 9.55. The minimum Gasteiger partial charge on any atom is -0.478 e. The SMILES string of the molecule is CC#CN1C=C(C2CCCN2C)C=CC1.O=C(O)/C=C/C(=O)O. The fourth-order valence-electron chi connectivity index (χ4n) is 2.47. The van der Waals surface area contributed by atoms with Crippen molar-refractivity contribution in [3.05, 3.63) is 36.1 Å². The number of hydrogen-bond donors (Lipinski definition) is 2. The number of rotatable bonds is 3. The lowest BCUT2D eigenvalue weighted by Crippen LogP contribution is -2.28. The summed E-state index contributed by atoms with van der Waals surface area (Å²) in [6.07, 6.45) is 10.4.